The van der Waals surface area contributed by atoms with Gasteiger partial charge in [0.15, 0.2) is 0 Å². The van der Waals surface area contributed by atoms with E-state index in [-0.39, 0.29) is 12.3 Å². The molecule has 0 aliphatic rings. The number of rotatable bonds is 5. The highest BCUT2D eigenvalue weighted by molar-refractivity contribution is 7.14. The van der Waals surface area contributed by atoms with Gasteiger partial charge in [0.2, 0.25) is 5.78 Å². The van der Waals surface area contributed by atoms with Gasteiger partial charge in [-0.25, -0.2) is 0 Å². The van der Waals surface area contributed by atoms with Crippen LogP contribution in [0.15, 0.2) is 72.8 Å². The van der Waals surface area contributed by atoms with Gasteiger partial charge in [0.1, 0.15) is 0 Å². The molecule has 0 bridgehead atoms. The Kier molecular flexibility index (Phi) is 5.56. The van der Waals surface area contributed by atoms with E-state index in [0.717, 1.165) is 4.88 Å². The number of carbonyl (C=O) groups is 3. The van der Waals surface area contributed by atoms with E-state index in [4.69, 9.17) is 0 Å². The van der Waals surface area contributed by atoms with E-state index in [1.54, 1.807) is 48.5 Å². The molecule has 130 valence electrons. The van der Waals surface area contributed by atoms with Crippen LogP contribution in [0.1, 0.15) is 20.1 Å². The number of thiophene rings is 1. The van der Waals surface area contributed by atoms with E-state index in [1.807, 2.05) is 24.3 Å². The topological polar surface area (TPSA) is 75.3 Å². The molecule has 1 aromatic heterocycles. The van der Waals surface area contributed by atoms with Crippen molar-refractivity contribution in [2.24, 2.45) is 0 Å². The largest absolute Gasteiger partial charge is 0.343 e. The molecule has 0 saturated heterocycles. The molecule has 0 fully saturated rings. The summed E-state index contributed by atoms with van der Waals surface area (Å²) in [6, 6.07) is 21.3. The van der Waals surface area contributed by atoms with E-state index in [1.165, 1.54) is 11.3 Å². The second-order valence-electron chi connectivity index (χ2n) is 5.46. The van der Waals surface area contributed by atoms with Crippen LogP contribution in [0.3, 0.4) is 0 Å². The van der Waals surface area contributed by atoms with Gasteiger partial charge in [0.25, 0.3) is 0 Å². The van der Waals surface area contributed by atoms with E-state index < -0.39 is 11.8 Å². The van der Waals surface area contributed by atoms with Gasteiger partial charge in [-0.05, 0) is 24.3 Å². The Hall–Kier alpha value is -3.25. The van der Waals surface area contributed by atoms with Crippen molar-refractivity contribution in [3.05, 3.63) is 88.1 Å². The molecule has 2 aromatic carbocycles. The average Bonchev–Trinajstić information content (AvgIpc) is 3.16. The van der Waals surface area contributed by atoms with Gasteiger partial charge >= 0.3 is 11.8 Å². The molecule has 0 aliphatic carbocycles. The lowest BCUT2D eigenvalue weighted by atomic mass is 10.1. The van der Waals surface area contributed by atoms with Crippen LogP contribution in [0.5, 0.6) is 0 Å². The van der Waals surface area contributed by atoms with Crippen LogP contribution in [0.4, 0.5) is 5.69 Å². The number of hydrogen-bond acceptors (Lipinski definition) is 4. The Labute approximate surface area is 154 Å². The Balaban J connectivity index is 1.55. The number of anilines is 1. The molecule has 5 nitrogen and oxygen atoms in total. The van der Waals surface area contributed by atoms with Gasteiger partial charge in [-0.15, -0.1) is 11.3 Å². The first-order valence-electron chi connectivity index (χ1n) is 7.96. The van der Waals surface area contributed by atoms with Crippen molar-refractivity contribution in [1.29, 1.82) is 0 Å². The van der Waals surface area contributed by atoms with Gasteiger partial charge in [0, 0.05) is 16.1 Å². The van der Waals surface area contributed by atoms with Crippen molar-refractivity contribution in [3.8, 4) is 0 Å². The minimum atomic E-state index is -0.728. The summed E-state index contributed by atoms with van der Waals surface area (Å²) in [4.78, 5) is 37.5. The fourth-order valence-electron chi connectivity index (χ4n) is 2.28. The van der Waals surface area contributed by atoms with Crippen molar-refractivity contribution in [1.82, 2.24) is 5.32 Å². The van der Waals surface area contributed by atoms with Crippen LogP contribution in [0, 0.1) is 0 Å². The zero-order chi connectivity index (χ0) is 18.4. The second kappa shape index (κ2) is 8.22. The molecule has 0 aliphatic heterocycles. The Morgan fingerprint density at radius 2 is 1.42 bits per heavy atom. The predicted octanol–water partition coefficient (Wildman–Crippen LogP) is 3.23. The van der Waals surface area contributed by atoms with Crippen molar-refractivity contribution >= 4 is 34.6 Å². The highest BCUT2D eigenvalue weighted by Crippen LogP contribution is 2.20. The summed E-state index contributed by atoms with van der Waals surface area (Å²) in [5.74, 6) is -1.51. The molecule has 0 atom stereocenters. The minimum Gasteiger partial charge on any atom is -0.343 e. The lowest BCUT2D eigenvalue weighted by Crippen LogP contribution is -2.34. The smallest absolute Gasteiger partial charge is 0.313 e. The number of ketones is 1. The number of para-hydroxylation sites is 1. The van der Waals surface area contributed by atoms with Crippen molar-refractivity contribution in [2.75, 3.05) is 5.32 Å². The molecule has 0 saturated carbocycles. The zero-order valence-corrected chi connectivity index (χ0v) is 14.6. The first-order chi connectivity index (χ1) is 12.6. The normalized spacial score (nSPS) is 10.2. The summed E-state index contributed by atoms with van der Waals surface area (Å²) in [7, 11) is 0. The van der Waals surface area contributed by atoms with Crippen LogP contribution in [0.25, 0.3) is 0 Å². The molecule has 3 rings (SSSR count). The fraction of sp³-hybridized carbons (Fsp3) is 0.0500. The summed E-state index contributed by atoms with van der Waals surface area (Å²) in [6.07, 6.45) is 0. The molecule has 0 spiro atoms. The van der Waals surface area contributed by atoms with Crippen LogP contribution in [-0.4, -0.2) is 17.6 Å². The number of hydrogen-bond donors (Lipinski definition) is 2. The summed E-state index contributed by atoms with van der Waals surface area (Å²) >= 11 is 1.30. The van der Waals surface area contributed by atoms with Crippen molar-refractivity contribution in [2.45, 2.75) is 6.54 Å². The third kappa shape index (κ3) is 4.43. The standard InChI is InChI=1S/C20H16N2O3S/c23-18(14-7-3-1-4-8-14)17-12-11-16(26-17)13-21-19(24)20(25)22-15-9-5-2-6-10-15/h1-12H,13H2,(H,21,24)(H,22,25). The number of amides is 2. The van der Waals surface area contributed by atoms with Crippen LogP contribution in [0.2, 0.25) is 0 Å². The van der Waals surface area contributed by atoms with Gasteiger partial charge in [-0.3, -0.25) is 14.4 Å². The maximum absolute atomic E-state index is 12.4. The summed E-state index contributed by atoms with van der Waals surface area (Å²) in [5.41, 5.74) is 1.17. The highest BCUT2D eigenvalue weighted by Gasteiger charge is 2.15. The quantitative estimate of drug-likeness (QED) is 0.539. The van der Waals surface area contributed by atoms with E-state index in [9.17, 15) is 14.4 Å². The third-order valence-corrected chi connectivity index (χ3v) is 4.67. The summed E-state index contributed by atoms with van der Waals surface area (Å²) < 4.78 is 0. The van der Waals surface area contributed by atoms with E-state index >= 15 is 0 Å². The maximum Gasteiger partial charge on any atom is 0.313 e. The number of nitrogens with one attached hydrogen (secondary N) is 2. The lowest BCUT2D eigenvalue weighted by Gasteiger charge is -2.05. The van der Waals surface area contributed by atoms with Gasteiger partial charge in [0.05, 0.1) is 11.4 Å². The van der Waals surface area contributed by atoms with Crippen LogP contribution >= 0.6 is 11.3 Å². The van der Waals surface area contributed by atoms with Gasteiger partial charge in [-0.1, -0.05) is 48.5 Å². The molecule has 1 heterocycles. The maximum atomic E-state index is 12.4. The third-order valence-electron chi connectivity index (χ3n) is 3.58. The lowest BCUT2D eigenvalue weighted by molar-refractivity contribution is -0.136. The minimum absolute atomic E-state index is 0.0602. The van der Waals surface area contributed by atoms with E-state index in [2.05, 4.69) is 10.6 Å². The Morgan fingerprint density at radius 1 is 0.769 bits per heavy atom. The molecule has 2 N–H and O–H groups in total. The Bertz CT molecular complexity index is 920. The summed E-state index contributed by atoms with van der Waals surface area (Å²) in [5, 5.41) is 5.08. The average molecular weight is 364 g/mol. The van der Waals surface area contributed by atoms with Crippen LogP contribution in [-0.2, 0) is 16.1 Å². The Morgan fingerprint density at radius 3 is 2.12 bits per heavy atom. The molecule has 0 unspecified atom stereocenters. The SMILES string of the molecule is O=C(NCc1ccc(C(=O)c2ccccc2)s1)C(=O)Nc1ccccc1. The highest BCUT2D eigenvalue weighted by atomic mass is 32.1. The van der Waals surface area contributed by atoms with Crippen molar-refractivity contribution < 1.29 is 14.4 Å². The number of benzene rings is 2. The van der Waals surface area contributed by atoms with E-state index in [0.29, 0.717) is 16.1 Å². The monoisotopic (exact) mass is 364 g/mol. The van der Waals surface area contributed by atoms with Gasteiger partial charge < -0.3 is 10.6 Å². The van der Waals surface area contributed by atoms with Crippen molar-refractivity contribution in [3.63, 3.8) is 0 Å². The predicted molar refractivity (Wildman–Crippen MR) is 101 cm³/mol. The molecule has 6 heteroatoms. The first-order valence-corrected chi connectivity index (χ1v) is 8.78. The molecule has 26 heavy (non-hydrogen) atoms. The molecular formula is C20H16N2O3S. The second-order valence-corrected chi connectivity index (χ2v) is 6.63. The molecular weight excluding hydrogens is 348 g/mol. The molecule has 3 aromatic rings. The fourth-order valence-corrected chi connectivity index (χ4v) is 3.19. The number of carbonyl (C=O) groups excluding carboxylic acids is 3. The van der Waals surface area contributed by atoms with Crippen LogP contribution < -0.4 is 10.6 Å². The first kappa shape index (κ1) is 17.6. The molecule has 2 amide bonds. The summed E-state index contributed by atoms with van der Waals surface area (Å²) in [6.45, 7) is 0.188. The molecule has 0 radical (unpaired) electrons. The van der Waals surface area contributed by atoms with Gasteiger partial charge in [-0.2, -0.15) is 0 Å². The zero-order valence-electron chi connectivity index (χ0n) is 13.8.